The molecule has 0 fully saturated rings. The first kappa shape index (κ1) is 33.8. The zero-order chi connectivity index (χ0) is 38.0. The smallest absolute Gasteiger partial charge is 0.227 e. The molecule has 0 aliphatic heterocycles. The Morgan fingerprint density at radius 2 is 0.754 bits per heavy atom. The van der Waals surface area contributed by atoms with Crippen LogP contribution in [0.2, 0.25) is 0 Å². The molecule has 0 radical (unpaired) electrons. The van der Waals surface area contributed by atoms with Crippen molar-refractivity contribution in [3.8, 4) is 33.7 Å². The lowest BCUT2D eigenvalue weighted by molar-refractivity contribution is 0.623. The van der Waals surface area contributed by atoms with Gasteiger partial charge in [0.05, 0.1) is 11.1 Å². The van der Waals surface area contributed by atoms with Gasteiger partial charge in [-0.3, -0.25) is 0 Å². The van der Waals surface area contributed by atoms with Crippen LogP contribution in [0.25, 0.3) is 55.6 Å². The van der Waals surface area contributed by atoms with E-state index in [9.17, 15) is 0 Å². The molecule has 0 saturated carbocycles. The number of rotatable bonds is 9. The Kier molecular flexibility index (Phi) is 8.82. The molecule has 10 rings (SSSR count). The van der Waals surface area contributed by atoms with Crippen LogP contribution in [0, 0.1) is 0 Å². The number of hydrogen-bond acceptors (Lipinski definition) is 4. The maximum atomic E-state index is 6.78. The summed E-state index contributed by atoms with van der Waals surface area (Å²) < 4.78 is 6.78. The second-order valence-corrected chi connectivity index (χ2v) is 14.0. The minimum absolute atomic E-state index is 0.594. The molecule has 57 heavy (non-hydrogen) atoms. The average molecular weight is 732 g/mol. The predicted octanol–water partition coefficient (Wildman–Crippen LogP) is 14.9. The van der Waals surface area contributed by atoms with Crippen molar-refractivity contribution in [1.82, 2.24) is 4.98 Å². The molecule has 10 aromatic rings. The van der Waals surface area contributed by atoms with Gasteiger partial charge in [0, 0.05) is 34.0 Å². The van der Waals surface area contributed by atoms with Gasteiger partial charge >= 0.3 is 0 Å². The highest BCUT2D eigenvalue weighted by atomic mass is 16.3. The molecule has 0 bridgehead atoms. The molecule has 4 nitrogen and oxygen atoms in total. The molecule has 1 aromatic heterocycles. The molecule has 0 N–H and O–H groups in total. The zero-order valence-corrected chi connectivity index (χ0v) is 31.1. The minimum atomic E-state index is 0.594. The molecule has 4 heteroatoms. The normalized spacial score (nSPS) is 11.2. The predicted molar refractivity (Wildman–Crippen MR) is 237 cm³/mol. The van der Waals surface area contributed by atoms with Crippen LogP contribution >= 0.6 is 0 Å². The molecule has 0 aliphatic carbocycles. The summed E-state index contributed by atoms with van der Waals surface area (Å²) >= 11 is 0. The van der Waals surface area contributed by atoms with Gasteiger partial charge in [-0.25, -0.2) is 4.98 Å². The second-order valence-electron chi connectivity index (χ2n) is 14.0. The van der Waals surface area contributed by atoms with Gasteiger partial charge < -0.3 is 14.2 Å². The van der Waals surface area contributed by atoms with Crippen LogP contribution in [0.4, 0.5) is 34.1 Å². The number of nitrogens with zero attached hydrogens (tertiary/aromatic N) is 3. The first-order valence-corrected chi connectivity index (χ1v) is 19.2. The number of anilines is 6. The van der Waals surface area contributed by atoms with Crippen LogP contribution in [0.5, 0.6) is 0 Å². The van der Waals surface area contributed by atoms with Crippen LogP contribution in [0.15, 0.2) is 229 Å². The molecular weight excluding hydrogens is 695 g/mol. The number of fused-ring (bicyclic) bond motifs is 3. The third-order valence-electron chi connectivity index (χ3n) is 10.4. The summed E-state index contributed by atoms with van der Waals surface area (Å²) in [5, 5.41) is 2.02. The van der Waals surface area contributed by atoms with Crippen LogP contribution in [-0.2, 0) is 0 Å². The van der Waals surface area contributed by atoms with Gasteiger partial charge in [0.2, 0.25) is 5.89 Å². The Morgan fingerprint density at radius 3 is 1.28 bits per heavy atom. The van der Waals surface area contributed by atoms with Crippen LogP contribution in [-0.4, -0.2) is 4.98 Å². The topological polar surface area (TPSA) is 32.5 Å². The molecule has 0 aliphatic rings. The van der Waals surface area contributed by atoms with Gasteiger partial charge in [-0.2, -0.15) is 0 Å². The standard InChI is InChI=1S/C53H37N3O/c1-6-16-38(17-7-1)40-26-31-46(32-27-40)55(44-22-12-4-13-23-44)48-36-43-30-35-49-52(57-53(54-49)42-20-10-3-11-21-42)51(43)50(37-48)56(45-24-14-5-15-25-45)47-33-28-41(29-34-47)39-18-8-2-9-19-39/h1-37H. The van der Waals surface area contributed by atoms with Gasteiger partial charge in [0.15, 0.2) is 5.58 Å². The molecule has 0 amide bonds. The van der Waals surface area contributed by atoms with Gasteiger partial charge in [-0.05, 0) is 107 Å². The van der Waals surface area contributed by atoms with E-state index in [1.54, 1.807) is 0 Å². The molecule has 0 atom stereocenters. The molecular formula is C53H37N3O. The number of para-hydroxylation sites is 2. The van der Waals surface area contributed by atoms with E-state index in [2.05, 4.69) is 204 Å². The number of aromatic nitrogens is 1. The molecule has 1 heterocycles. The van der Waals surface area contributed by atoms with E-state index in [0.717, 1.165) is 67.1 Å². The van der Waals surface area contributed by atoms with Crippen LogP contribution in [0.1, 0.15) is 0 Å². The summed E-state index contributed by atoms with van der Waals surface area (Å²) in [4.78, 5) is 9.69. The number of oxazole rings is 1. The van der Waals surface area contributed by atoms with Crippen molar-refractivity contribution in [3.05, 3.63) is 224 Å². The van der Waals surface area contributed by atoms with Gasteiger partial charge in [-0.1, -0.05) is 146 Å². The fourth-order valence-electron chi connectivity index (χ4n) is 7.71. The van der Waals surface area contributed by atoms with Crippen LogP contribution in [0.3, 0.4) is 0 Å². The van der Waals surface area contributed by atoms with E-state index in [1.165, 1.54) is 16.7 Å². The third-order valence-corrected chi connectivity index (χ3v) is 10.4. The SMILES string of the molecule is c1ccc(-c2ccc(N(c3ccccc3)c3cc(N(c4ccccc4)c4ccc(-c5ccccc5)cc4)c4c(ccc5nc(-c6ccccc6)oc54)c3)cc2)cc1. The van der Waals surface area contributed by atoms with Crippen molar-refractivity contribution in [1.29, 1.82) is 0 Å². The maximum absolute atomic E-state index is 6.78. The Balaban J connectivity index is 1.22. The summed E-state index contributed by atoms with van der Waals surface area (Å²) in [6, 6.07) is 78.8. The monoisotopic (exact) mass is 731 g/mol. The maximum Gasteiger partial charge on any atom is 0.227 e. The molecule has 0 spiro atoms. The van der Waals surface area contributed by atoms with Gasteiger partial charge in [-0.15, -0.1) is 0 Å². The Bertz CT molecular complexity index is 2910. The van der Waals surface area contributed by atoms with Crippen molar-refractivity contribution in [3.63, 3.8) is 0 Å². The minimum Gasteiger partial charge on any atom is -0.435 e. The summed E-state index contributed by atoms with van der Waals surface area (Å²) in [6.45, 7) is 0. The zero-order valence-electron chi connectivity index (χ0n) is 31.1. The average Bonchev–Trinajstić information content (AvgIpc) is 3.74. The van der Waals surface area contributed by atoms with Crippen molar-refractivity contribution in [2.75, 3.05) is 9.80 Å². The highest BCUT2D eigenvalue weighted by Crippen LogP contribution is 2.47. The Hall–Kier alpha value is -7.69. The lowest BCUT2D eigenvalue weighted by atomic mass is 10.0. The van der Waals surface area contributed by atoms with E-state index >= 15 is 0 Å². The van der Waals surface area contributed by atoms with Gasteiger partial charge in [0.25, 0.3) is 0 Å². The summed E-state index contributed by atoms with van der Waals surface area (Å²) in [5.74, 6) is 0.594. The van der Waals surface area contributed by atoms with E-state index in [0.29, 0.717) is 5.89 Å². The first-order chi connectivity index (χ1) is 28.3. The van der Waals surface area contributed by atoms with E-state index in [1.807, 2.05) is 30.3 Å². The van der Waals surface area contributed by atoms with E-state index in [4.69, 9.17) is 9.40 Å². The highest BCUT2D eigenvalue weighted by Gasteiger charge is 2.24. The van der Waals surface area contributed by atoms with Crippen molar-refractivity contribution in [2.24, 2.45) is 0 Å². The summed E-state index contributed by atoms with van der Waals surface area (Å²) in [5.41, 5.74) is 13.3. The Morgan fingerprint density at radius 1 is 0.333 bits per heavy atom. The summed E-state index contributed by atoms with van der Waals surface area (Å²) in [6.07, 6.45) is 0. The van der Waals surface area contributed by atoms with E-state index in [-0.39, 0.29) is 0 Å². The molecule has 0 saturated heterocycles. The fourth-order valence-corrected chi connectivity index (χ4v) is 7.71. The van der Waals surface area contributed by atoms with Crippen molar-refractivity contribution >= 4 is 56.0 Å². The van der Waals surface area contributed by atoms with Crippen molar-refractivity contribution < 1.29 is 4.42 Å². The van der Waals surface area contributed by atoms with Crippen molar-refractivity contribution in [2.45, 2.75) is 0 Å². The molecule has 9 aromatic carbocycles. The first-order valence-electron chi connectivity index (χ1n) is 19.2. The second kappa shape index (κ2) is 14.9. The third kappa shape index (κ3) is 6.60. The lowest BCUT2D eigenvalue weighted by Gasteiger charge is -2.31. The number of hydrogen-bond donors (Lipinski definition) is 0. The number of benzene rings is 9. The van der Waals surface area contributed by atoms with Gasteiger partial charge in [0.1, 0.15) is 5.52 Å². The van der Waals surface area contributed by atoms with Crippen LogP contribution < -0.4 is 9.80 Å². The highest BCUT2D eigenvalue weighted by molar-refractivity contribution is 6.14. The summed E-state index contributed by atoms with van der Waals surface area (Å²) in [7, 11) is 0. The fraction of sp³-hybridized carbons (Fsp3) is 0. The molecule has 0 unspecified atom stereocenters. The largest absolute Gasteiger partial charge is 0.435 e. The lowest BCUT2D eigenvalue weighted by Crippen LogP contribution is -2.14. The van der Waals surface area contributed by atoms with E-state index < -0.39 is 0 Å². The quantitative estimate of drug-likeness (QED) is 0.148. The molecule has 270 valence electrons. The Labute approximate surface area is 332 Å².